The van der Waals surface area contributed by atoms with E-state index in [0.29, 0.717) is 0 Å². The van der Waals surface area contributed by atoms with Crippen molar-refractivity contribution in [1.29, 1.82) is 0 Å². The van der Waals surface area contributed by atoms with Gasteiger partial charge in [-0.2, -0.15) is 0 Å². The van der Waals surface area contributed by atoms with Crippen LogP contribution in [-0.4, -0.2) is 95.9 Å². The molecule has 0 aromatic rings. The second-order valence-electron chi connectivity index (χ2n) is 0.311. The summed E-state index contributed by atoms with van der Waals surface area (Å²) < 4.78 is 10.1. The molecule has 0 aromatic heterocycles. The molecule has 0 aliphatic heterocycles. The van der Waals surface area contributed by atoms with Crippen molar-refractivity contribution in [2.45, 2.75) is 0 Å². The molecule has 0 atom stereocenters. The summed E-state index contributed by atoms with van der Waals surface area (Å²) >= 11 is 0. The topological polar surface area (TPSA) is 40.5 Å². The van der Waals surface area contributed by atoms with Gasteiger partial charge in [-0.15, -0.1) is 0 Å². The second-order valence-corrected chi connectivity index (χ2v) is 0.311. The molecule has 0 saturated heterocycles. The van der Waals surface area contributed by atoms with E-state index in [1.165, 1.54) is 0 Å². The zero-order valence-corrected chi connectivity index (χ0v) is 1.85. The minimum atomic E-state index is -2.67. The third-order valence-electron chi connectivity index (χ3n) is 0. The summed E-state index contributed by atoms with van der Waals surface area (Å²) in [6.45, 7) is 0. The van der Waals surface area contributed by atoms with Crippen LogP contribution in [0.5, 0.6) is 0 Å². The molecule has 2 N–H and O–H groups in total. The Morgan fingerprint density at radius 1 is 1.33 bits per heavy atom. The van der Waals surface area contributed by atoms with Gasteiger partial charge >= 0.3 is 85.8 Å². The Balaban J connectivity index is -0.0000000450. The van der Waals surface area contributed by atoms with Gasteiger partial charge < -0.3 is 10.0 Å². The van der Waals surface area contributed by atoms with Gasteiger partial charge in [-0.1, -0.05) is 0 Å². The van der Waals surface area contributed by atoms with Gasteiger partial charge in [0.1, 0.15) is 0 Å². The maximum atomic E-state index is 10.1. The molecule has 30 valence electrons. The molecule has 6 heavy (non-hydrogen) atoms. The SMILES string of the molecule is OB(O)F.[BaH2].[NaH]. The predicted octanol–water partition coefficient (Wildman–Crippen LogP) is -2.64. The summed E-state index contributed by atoms with van der Waals surface area (Å²) in [6, 6.07) is 0. The molecule has 0 saturated carbocycles. The van der Waals surface area contributed by atoms with Crippen molar-refractivity contribution in [3.05, 3.63) is 0 Å². The van der Waals surface area contributed by atoms with Gasteiger partial charge in [0.25, 0.3) is 0 Å². The van der Waals surface area contributed by atoms with Crippen LogP contribution < -0.4 is 0 Å². The van der Waals surface area contributed by atoms with Crippen molar-refractivity contribution >= 4 is 85.8 Å². The van der Waals surface area contributed by atoms with Crippen LogP contribution in [0.25, 0.3) is 0 Å². The summed E-state index contributed by atoms with van der Waals surface area (Å²) in [5.74, 6) is 0. The molecular weight excluding hydrogens is 222 g/mol. The van der Waals surface area contributed by atoms with Crippen LogP contribution in [0.1, 0.15) is 0 Å². The first kappa shape index (κ1) is 15.8. The van der Waals surface area contributed by atoms with Crippen molar-refractivity contribution in [2.75, 3.05) is 0 Å². The third-order valence-corrected chi connectivity index (χ3v) is 0. The number of hydrogen-bond donors (Lipinski definition) is 2. The molecule has 0 aliphatic rings. The van der Waals surface area contributed by atoms with Gasteiger partial charge in [-0.25, -0.2) is 0 Å². The Morgan fingerprint density at radius 3 is 1.33 bits per heavy atom. The van der Waals surface area contributed by atoms with Crippen LogP contribution in [0.15, 0.2) is 0 Å². The maximum absolute atomic E-state index is 10.1. The molecule has 0 unspecified atom stereocenters. The van der Waals surface area contributed by atoms with Gasteiger partial charge in [0, 0.05) is 0 Å². The molecular formula is H5BBaFNaO2. The van der Waals surface area contributed by atoms with E-state index in [1.54, 1.807) is 0 Å². The molecule has 0 bridgehead atoms. The van der Waals surface area contributed by atoms with E-state index in [2.05, 4.69) is 0 Å². The van der Waals surface area contributed by atoms with Crippen molar-refractivity contribution in [2.24, 2.45) is 0 Å². The fourth-order valence-corrected chi connectivity index (χ4v) is 0. The Hall–Kier alpha value is 2.49. The second kappa shape index (κ2) is 10.5. The average Bonchev–Trinajstić information content (AvgIpc) is 0.811. The van der Waals surface area contributed by atoms with E-state index in [9.17, 15) is 4.32 Å². The van der Waals surface area contributed by atoms with E-state index >= 15 is 0 Å². The zero-order valence-electron chi connectivity index (χ0n) is 1.85. The summed E-state index contributed by atoms with van der Waals surface area (Å²) in [5, 5.41) is 13.9. The summed E-state index contributed by atoms with van der Waals surface area (Å²) in [7, 11) is -2.67. The van der Waals surface area contributed by atoms with E-state index < -0.39 is 7.40 Å². The Bertz CT molecular complexity index is 18.3. The first-order chi connectivity index (χ1) is 1.73. The van der Waals surface area contributed by atoms with Gasteiger partial charge in [0.2, 0.25) is 0 Å². The van der Waals surface area contributed by atoms with Crippen LogP contribution in [-0.2, 0) is 0 Å². The van der Waals surface area contributed by atoms with Crippen molar-refractivity contribution < 1.29 is 14.4 Å². The van der Waals surface area contributed by atoms with Crippen LogP contribution in [0.3, 0.4) is 0 Å². The van der Waals surface area contributed by atoms with Crippen LogP contribution in [0.2, 0.25) is 0 Å². The fraction of sp³-hybridized carbons (Fsp3) is 0. The molecule has 2 nitrogen and oxygen atoms in total. The Kier molecular flexibility index (Phi) is 27.6. The molecule has 0 radical (unpaired) electrons. The van der Waals surface area contributed by atoms with Crippen molar-refractivity contribution in [3.8, 4) is 0 Å². The first-order valence-electron chi connectivity index (χ1n) is 0.735. The Morgan fingerprint density at radius 2 is 1.33 bits per heavy atom. The molecule has 0 aromatic carbocycles. The third kappa shape index (κ3) is 31.6. The van der Waals surface area contributed by atoms with Crippen molar-refractivity contribution in [3.63, 3.8) is 0 Å². The minimum absolute atomic E-state index is 0. The van der Waals surface area contributed by atoms with Crippen LogP contribution in [0, 0.1) is 0 Å². The summed E-state index contributed by atoms with van der Waals surface area (Å²) in [6.07, 6.45) is 0. The number of halogens is 1. The number of hydrogen-bond acceptors (Lipinski definition) is 2. The van der Waals surface area contributed by atoms with Crippen molar-refractivity contribution in [1.82, 2.24) is 0 Å². The van der Waals surface area contributed by atoms with Gasteiger partial charge in [0.05, 0.1) is 0 Å². The normalized spacial score (nSPS) is 4.50. The van der Waals surface area contributed by atoms with E-state index in [-0.39, 0.29) is 78.4 Å². The molecule has 0 fully saturated rings. The average molecular weight is 227 g/mol. The summed E-state index contributed by atoms with van der Waals surface area (Å²) in [4.78, 5) is 0. The monoisotopic (exact) mass is 228 g/mol. The molecule has 6 heteroatoms. The molecule has 0 spiro atoms. The summed E-state index contributed by atoms with van der Waals surface area (Å²) in [5.41, 5.74) is 0. The molecule has 0 heterocycles. The Labute approximate surface area is 98.1 Å². The van der Waals surface area contributed by atoms with Crippen LogP contribution >= 0.6 is 0 Å². The number of rotatable bonds is 0. The van der Waals surface area contributed by atoms with Gasteiger partial charge in [0.15, 0.2) is 0 Å². The fourth-order valence-electron chi connectivity index (χ4n) is 0. The van der Waals surface area contributed by atoms with E-state index in [0.717, 1.165) is 0 Å². The quantitative estimate of drug-likeness (QED) is 0.444. The van der Waals surface area contributed by atoms with E-state index in [4.69, 9.17) is 10.0 Å². The van der Waals surface area contributed by atoms with E-state index in [1.807, 2.05) is 0 Å². The standard InChI is InChI=1S/BFH2O2.Ba.Na.3H/c2-1(3)4;;;;;/h3-4H;;;;;. The molecule has 0 aliphatic carbocycles. The van der Waals surface area contributed by atoms with Gasteiger partial charge in [-0.05, 0) is 0 Å². The molecule has 0 rings (SSSR count). The van der Waals surface area contributed by atoms with Crippen LogP contribution in [0.4, 0.5) is 4.32 Å². The van der Waals surface area contributed by atoms with Gasteiger partial charge in [-0.3, -0.25) is 4.32 Å². The molecule has 0 amide bonds. The first-order valence-corrected chi connectivity index (χ1v) is 0.735. The predicted molar refractivity (Wildman–Crippen MR) is 27.0 cm³/mol. The zero-order chi connectivity index (χ0) is 3.58.